The van der Waals surface area contributed by atoms with Crippen LogP contribution in [0.4, 0.5) is 18.3 Å². The standard InChI is InChI=1S/C14H20F3N3S/c15-14(16,17)12-9-18-13(21-12)20-7-3-11(4-8-20)10-19-5-1-2-6-19/h9,11H,1-8,10H2. The Labute approximate surface area is 126 Å². The first kappa shape index (κ1) is 15.1. The highest BCUT2D eigenvalue weighted by Crippen LogP contribution is 2.37. The molecule has 0 saturated carbocycles. The Morgan fingerprint density at radius 3 is 2.38 bits per heavy atom. The summed E-state index contributed by atoms with van der Waals surface area (Å²) in [6.45, 7) is 5.22. The Hall–Kier alpha value is -0.820. The summed E-state index contributed by atoms with van der Waals surface area (Å²) in [5.74, 6) is 0.682. The van der Waals surface area contributed by atoms with Crippen molar-refractivity contribution in [3.8, 4) is 0 Å². The maximum atomic E-state index is 12.6. The molecule has 2 aliphatic rings. The van der Waals surface area contributed by atoms with Crippen LogP contribution in [0.3, 0.4) is 0 Å². The first-order valence-electron chi connectivity index (χ1n) is 7.53. The number of alkyl halides is 3. The summed E-state index contributed by atoms with van der Waals surface area (Å²) in [7, 11) is 0. The van der Waals surface area contributed by atoms with Crippen molar-refractivity contribution >= 4 is 16.5 Å². The molecule has 7 heteroatoms. The van der Waals surface area contributed by atoms with Gasteiger partial charge in [-0.05, 0) is 44.7 Å². The Bertz CT molecular complexity index is 460. The van der Waals surface area contributed by atoms with Crippen LogP contribution in [0.2, 0.25) is 0 Å². The molecule has 0 bridgehead atoms. The van der Waals surface area contributed by atoms with E-state index in [2.05, 4.69) is 9.88 Å². The molecule has 0 amide bonds. The molecule has 0 aromatic carbocycles. The number of thiazole rings is 1. The molecule has 0 aliphatic carbocycles. The van der Waals surface area contributed by atoms with Gasteiger partial charge in [-0.1, -0.05) is 11.3 Å². The molecule has 118 valence electrons. The van der Waals surface area contributed by atoms with Crippen LogP contribution in [0.25, 0.3) is 0 Å². The van der Waals surface area contributed by atoms with Gasteiger partial charge in [0, 0.05) is 19.6 Å². The van der Waals surface area contributed by atoms with Crippen LogP contribution in [0.15, 0.2) is 6.20 Å². The van der Waals surface area contributed by atoms with Crippen molar-refractivity contribution in [2.45, 2.75) is 31.9 Å². The van der Waals surface area contributed by atoms with Gasteiger partial charge in [-0.2, -0.15) is 13.2 Å². The van der Waals surface area contributed by atoms with Crippen LogP contribution in [-0.4, -0.2) is 42.6 Å². The molecule has 2 fully saturated rings. The lowest BCUT2D eigenvalue weighted by Gasteiger charge is -2.33. The molecule has 21 heavy (non-hydrogen) atoms. The summed E-state index contributed by atoms with van der Waals surface area (Å²) < 4.78 is 37.8. The molecule has 0 atom stereocenters. The number of likely N-dealkylation sites (tertiary alicyclic amines) is 1. The van der Waals surface area contributed by atoms with Crippen molar-refractivity contribution in [2.75, 3.05) is 37.6 Å². The molecule has 0 N–H and O–H groups in total. The zero-order valence-corrected chi connectivity index (χ0v) is 12.7. The van der Waals surface area contributed by atoms with Crippen LogP contribution < -0.4 is 4.90 Å². The lowest BCUT2D eigenvalue weighted by Crippen LogP contribution is -2.38. The SMILES string of the molecule is FC(F)(F)c1cnc(N2CCC(CN3CCCC3)CC2)s1. The largest absolute Gasteiger partial charge is 0.427 e. The van der Waals surface area contributed by atoms with E-state index in [1.54, 1.807) is 0 Å². The third-order valence-electron chi connectivity index (χ3n) is 4.37. The van der Waals surface area contributed by atoms with E-state index in [9.17, 15) is 13.2 Å². The lowest BCUT2D eigenvalue weighted by atomic mass is 9.96. The van der Waals surface area contributed by atoms with Crippen molar-refractivity contribution < 1.29 is 13.2 Å². The molecular formula is C14H20F3N3S. The van der Waals surface area contributed by atoms with Gasteiger partial charge < -0.3 is 9.80 Å². The molecule has 3 heterocycles. The minimum absolute atomic E-state index is 0.516. The summed E-state index contributed by atoms with van der Waals surface area (Å²) in [5, 5.41) is 0.516. The highest BCUT2D eigenvalue weighted by molar-refractivity contribution is 7.15. The average molecular weight is 319 g/mol. The first-order chi connectivity index (χ1) is 10.0. The molecule has 2 aliphatic heterocycles. The van der Waals surface area contributed by atoms with Crippen LogP contribution in [0.1, 0.15) is 30.6 Å². The van der Waals surface area contributed by atoms with Gasteiger partial charge in [-0.15, -0.1) is 0 Å². The van der Waals surface area contributed by atoms with E-state index in [1.807, 2.05) is 4.90 Å². The summed E-state index contributed by atoms with van der Waals surface area (Å²) in [6.07, 6.45) is 1.39. The Balaban J connectivity index is 1.52. The number of piperidine rings is 1. The number of hydrogen-bond acceptors (Lipinski definition) is 4. The number of aromatic nitrogens is 1. The highest BCUT2D eigenvalue weighted by atomic mass is 32.1. The Morgan fingerprint density at radius 2 is 1.81 bits per heavy atom. The molecule has 3 rings (SSSR count). The molecule has 2 saturated heterocycles. The van der Waals surface area contributed by atoms with Gasteiger partial charge >= 0.3 is 6.18 Å². The van der Waals surface area contributed by atoms with E-state index in [0.29, 0.717) is 11.0 Å². The molecule has 1 aromatic rings. The Morgan fingerprint density at radius 1 is 1.14 bits per heavy atom. The van der Waals surface area contributed by atoms with Crippen LogP contribution >= 0.6 is 11.3 Å². The van der Waals surface area contributed by atoms with E-state index in [4.69, 9.17) is 0 Å². The average Bonchev–Trinajstić information content (AvgIpc) is 3.09. The molecule has 0 unspecified atom stereocenters. The van der Waals surface area contributed by atoms with Gasteiger partial charge in [-0.3, -0.25) is 0 Å². The number of anilines is 1. The summed E-state index contributed by atoms with van der Waals surface area (Å²) in [5.41, 5.74) is 0. The zero-order chi connectivity index (χ0) is 14.9. The highest BCUT2D eigenvalue weighted by Gasteiger charge is 2.34. The van der Waals surface area contributed by atoms with Gasteiger partial charge in [-0.25, -0.2) is 4.98 Å². The van der Waals surface area contributed by atoms with E-state index < -0.39 is 11.1 Å². The third-order valence-corrected chi connectivity index (χ3v) is 5.48. The molecule has 1 aromatic heterocycles. The minimum atomic E-state index is -4.27. The Kier molecular flexibility index (Phi) is 4.40. The fraction of sp³-hybridized carbons (Fsp3) is 0.786. The lowest BCUT2D eigenvalue weighted by molar-refractivity contribution is -0.134. The van der Waals surface area contributed by atoms with E-state index in [-0.39, 0.29) is 0 Å². The van der Waals surface area contributed by atoms with Crippen molar-refractivity contribution in [2.24, 2.45) is 5.92 Å². The fourth-order valence-electron chi connectivity index (χ4n) is 3.18. The predicted octanol–water partition coefficient (Wildman–Crippen LogP) is 3.47. The number of nitrogens with zero attached hydrogens (tertiary/aromatic N) is 3. The second-order valence-corrected chi connectivity index (χ2v) is 6.95. The maximum Gasteiger partial charge on any atom is 0.427 e. The summed E-state index contributed by atoms with van der Waals surface area (Å²) in [4.78, 5) is 7.87. The predicted molar refractivity (Wildman–Crippen MR) is 77.7 cm³/mol. The second kappa shape index (κ2) is 6.12. The summed E-state index contributed by atoms with van der Waals surface area (Å²) >= 11 is 0.760. The molecule has 0 radical (unpaired) electrons. The minimum Gasteiger partial charge on any atom is -0.348 e. The maximum absolute atomic E-state index is 12.6. The van der Waals surface area contributed by atoms with E-state index in [1.165, 1.54) is 25.9 Å². The second-order valence-electron chi connectivity index (χ2n) is 5.94. The molecule has 3 nitrogen and oxygen atoms in total. The normalized spacial score (nSPS) is 22.1. The molecular weight excluding hydrogens is 299 g/mol. The third kappa shape index (κ3) is 3.69. The summed E-state index contributed by atoms with van der Waals surface area (Å²) in [6, 6.07) is 0. The van der Waals surface area contributed by atoms with Crippen molar-refractivity contribution in [3.05, 3.63) is 11.1 Å². The number of rotatable bonds is 3. The topological polar surface area (TPSA) is 19.4 Å². The first-order valence-corrected chi connectivity index (χ1v) is 8.34. The monoisotopic (exact) mass is 319 g/mol. The van der Waals surface area contributed by atoms with Gasteiger partial charge in [0.15, 0.2) is 5.13 Å². The van der Waals surface area contributed by atoms with Gasteiger partial charge in [0.25, 0.3) is 0 Å². The van der Waals surface area contributed by atoms with Crippen LogP contribution in [0.5, 0.6) is 0 Å². The number of halogens is 3. The zero-order valence-electron chi connectivity index (χ0n) is 11.9. The van der Waals surface area contributed by atoms with Gasteiger partial charge in [0.05, 0.1) is 6.20 Å². The van der Waals surface area contributed by atoms with Crippen molar-refractivity contribution in [1.29, 1.82) is 0 Å². The van der Waals surface area contributed by atoms with Crippen LogP contribution in [0, 0.1) is 5.92 Å². The van der Waals surface area contributed by atoms with Gasteiger partial charge in [0.1, 0.15) is 4.88 Å². The smallest absolute Gasteiger partial charge is 0.348 e. The van der Waals surface area contributed by atoms with Crippen molar-refractivity contribution in [3.63, 3.8) is 0 Å². The van der Waals surface area contributed by atoms with E-state index >= 15 is 0 Å². The van der Waals surface area contributed by atoms with Gasteiger partial charge in [0.2, 0.25) is 0 Å². The van der Waals surface area contributed by atoms with E-state index in [0.717, 1.165) is 50.0 Å². The molecule has 0 spiro atoms. The van der Waals surface area contributed by atoms with Crippen LogP contribution in [-0.2, 0) is 6.18 Å². The fourth-order valence-corrected chi connectivity index (χ4v) is 4.01. The quantitative estimate of drug-likeness (QED) is 0.850. The number of hydrogen-bond donors (Lipinski definition) is 0. The van der Waals surface area contributed by atoms with Crippen molar-refractivity contribution in [1.82, 2.24) is 9.88 Å².